The van der Waals surface area contributed by atoms with Gasteiger partial charge in [-0.3, -0.25) is 4.79 Å². The van der Waals surface area contributed by atoms with E-state index in [0.717, 1.165) is 10.4 Å². The summed E-state index contributed by atoms with van der Waals surface area (Å²) in [6.45, 7) is 8.72. The predicted molar refractivity (Wildman–Crippen MR) is 124 cm³/mol. The van der Waals surface area contributed by atoms with Crippen molar-refractivity contribution in [2.24, 2.45) is 0 Å². The zero-order valence-corrected chi connectivity index (χ0v) is 20.1. The molecule has 0 aliphatic heterocycles. The Morgan fingerprint density at radius 1 is 1.03 bits per heavy atom. The SMILES string of the molecule is CCOC[P+](=O)CC(CC(=O)O)O[Si](c1ccccc1)(c1ccccc1)C(C)(C)C. The highest BCUT2D eigenvalue weighted by Gasteiger charge is 2.52. The molecule has 5 nitrogen and oxygen atoms in total. The van der Waals surface area contributed by atoms with E-state index < -0.39 is 28.2 Å². The van der Waals surface area contributed by atoms with E-state index in [1.807, 2.05) is 43.3 Å². The van der Waals surface area contributed by atoms with Crippen LogP contribution in [0.2, 0.25) is 5.04 Å². The fraction of sp³-hybridized carbons (Fsp3) is 0.435. The fourth-order valence-corrected chi connectivity index (χ4v) is 9.72. The molecule has 0 spiro atoms. The van der Waals surface area contributed by atoms with E-state index in [1.54, 1.807) is 0 Å². The van der Waals surface area contributed by atoms with Crippen molar-refractivity contribution in [2.45, 2.75) is 45.3 Å². The van der Waals surface area contributed by atoms with Crippen LogP contribution in [-0.2, 0) is 18.5 Å². The molecule has 0 amide bonds. The molecular weight excluding hydrogens is 415 g/mol. The van der Waals surface area contributed by atoms with Crippen LogP contribution in [0.15, 0.2) is 60.7 Å². The molecule has 2 atom stereocenters. The summed E-state index contributed by atoms with van der Waals surface area (Å²) in [4.78, 5) is 11.6. The molecule has 0 aliphatic rings. The Bertz CT molecular complexity index is 781. The number of rotatable bonds is 11. The van der Waals surface area contributed by atoms with E-state index in [9.17, 15) is 14.5 Å². The van der Waals surface area contributed by atoms with Gasteiger partial charge in [-0.1, -0.05) is 86.0 Å². The van der Waals surface area contributed by atoms with Gasteiger partial charge in [-0.05, 0) is 22.3 Å². The zero-order chi connectivity index (χ0) is 22.2. The highest BCUT2D eigenvalue weighted by molar-refractivity contribution is 7.44. The van der Waals surface area contributed by atoms with Crippen molar-refractivity contribution >= 4 is 32.5 Å². The lowest BCUT2D eigenvalue weighted by molar-refractivity contribution is -0.138. The first-order valence-corrected chi connectivity index (χ1v) is 13.7. The van der Waals surface area contributed by atoms with Crippen molar-refractivity contribution in [1.82, 2.24) is 0 Å². The molecule has 0 saturated heterocycles. The molecule has 162 valence electrons. The molecule has 1 N–H and O–H groups in total. The fourth-order valence-electron chi connectivity index (χ4n) is 3.75. The van der Waals surface area contributed by atoms with Gasteiger partial charge in [0.15, 0.2) is 6.16 Å². The van der Waals surface area contributed by atoms with Gasteiger partial charge in [-0.15, -0.1) is 0 Å². The average Bonchev–Trinajstić information content (AvgIpc) is 2.70. The van der Waals surface area contributed by atoms with Gasteiger partial charge < -0.3 is 14.3 Å². The first-order valence-electron chi connectivity index (χ1n) is 10.2. The molecule has 0 aromatic heterocycles. The largest absolute Gasteiger partial charge is 0.481 e. The van der Waals surface area contributed by atoms with E-state index in [-0.39, 0.29) is 24.0 Å². The number of hydrogen-bond acceptors (Lipinski definition) is 4. The smallest absolute Gasteiger partial charge is 0.369 e. The number of carboxylic acids is 1. The molecule has 0 aliphatic carbocycles. The van der Waals surface area contributed by atoms with E-state index >= 15 is 0 Å². The number of ether oxygens (including phenoxy) is 1. The lowest BCUT2D eigenvalue weighted by Gasteiger charge is -2.44. The van der Waals surface area contributed by atoms with Gasteiger partial charge in [-0.25, -0.2) is 0 Å². The van der Waals surface area contributed by atoms with Crippen LogP contribution in [0.1, 0.15) is 34.1 Å². The van der Waals surface area contributed by atoms with Gasteiger partial charge in [0.2, 0.25) is 6.35 Å². The van der Waals surface area contributed by atoms with Crippen LogP contribution in [0.25, 0.3) is 0 Å². The first kappa shape index (κ1) is 24.4. The third kappa shape index (κ3) is 6.08. The maximum Gasteiger partial charge on any atom is 0.369 e. The molecule has 2 rings (SSSR count). The Hall–Kier alpha value is -1.85. The molecule has 30 heavy (non-hydrogen) atoms. The Labute approximate surface area is 181 Å². The summed E-state index contributed by atoms with van der Waals surface area (Å²) in [6, 6.07) is 20.1. The monoisotopic (exact) mass is 447 g/mol. The average molecular weight is 448 g/mol. The quantitative estimate of drug-likeness (QED) is 0.412. The maximum atomic E-state index is 12.6. The van der Waals surface area contributed by atoms with Gasteiger partial charge in [0, 0.05) is 6.61 Å². The van der Waals surface area contributed by atoms with Gasteiger partial charge in [-0.2, -0.15) is 0 Å². The molecule has 0 heterocycles. The van der Waals surface area contributed by atoms with Crippen LogP contribution in [0, 0.1) is 0 Å². The van der Waals surface area contributed by atoms with E-state index in [4.69, 9.17) is 9.16 Å². The third-order valence-electron chi connectivity index (χ3n) is 5.01. The standard InChI is InChI=1S/C23H31O5PSi/c1-5-27-18-29(26)17-19(16-22(24)25)28-30(23(2,3)4,20-12-8-6-9-13-20)21-14-10-7-11-15-21/h6-15,19H,5,16-18H2,1-4H3/p+1. The maximum absolute atomic E-state index is 12.6. The van der Waals surface area contributed by atoms with Gasteiger partial charge in [0.25, 0.3) is 8.32 Å². The van der Waals surface area contributed by atoms with E-state index in [2.05, 4.69) is 45.0 Å². The normalized spacial score (nSPS) is 13.7. The van der Waals surface area contributed by atoms with E-state index in [1.165, 1.54) is 0 Å². The Balaban J connectivity index is 2.56. The Morgan fingerprint density at radius 2 is 1.53 bits per heavy atom. The molecule has 0 fully saturated rings. The number of hydrogen-bond donors (Lipinski definition) is 1. The van der Waals surface area contributed by atoms with Crippen LogP contribution < -0.4 is 10.4 Å². The molecule has 7 heteroatoms. The second kappa shape index (κ2) is 11.0. The summed E-state index contributed by atoms with van der Waals surface area (Å²) < 4.78 is 24.7. The van der Waals surface area contributed by atoms with Gasteiger partial charge >= 0.3 is 13.8 Å². The molecule has 2 aromatic rings. The van der Waals surface area contributed by atoms with Crippen LogP contribution in [0.4, 0.5) is 0 Å². The molecule has 2 aromatic carbocycles. The number of carbonyl (C=O) groups is 1. The van der Waals surface area contributed by atoms with Crippen molar-refractivity contribution in [2.75, 3.05) is 19.1 Å². The molecular formula is C23H32O5PSi+. The minimum Gasteiger partial charge on any atom is -0.481 e. The number of aliphatic carboxylic acids is 1. The van der Waals surface area contributed by atoms with E-state index in [0.29, 0.717) is 6.61 Å². The second-order valence-electron chi connectivity index (χ2n) is 8.29. The lowest BCUT2D eigenvalue weighted by Crippen LogP contribution is -2.68. The number of benzene rings is 2. The summed E-state index contributed by atoms with van der Waals surface area (Å²) in [5.41, 5.74) is 0. The lowest BCUT2D eigenvalue weighted by atomic mass is 10.2. The first-order chi connectivity index (χ1) is 14.2. The topological polar surface area (TPSA) is 72.8 Å². The summed E-state index contributed by atoms with van der Waals surface area (Å²) in [6.07, 6.45) is -0.589. The second-order valence-corrected chi connectivity index (χ2v) is 14.1. The minimum atomic E-state index is -2.91. The molecule has 0 saturated carbocycles. The predicted octanol–water partition coefficient (Wildman–Crippen LogP) is 4.23. The Morgan fingerprint density at radius 3 is 1.93 bits per heavy atom. The van der Waals surface area contributed by atoms with Crippen molar-refractivity contribution in [3.63, 3.8) is 0 Å². The Kier molecular flexibility index (Phi) is 8.92. The molecule has 0 bridgehead atoms. The summed E-state index contributed by atoms with van der Waals surface area (Å²) in [5.74, 6) is -0.960. The van der Waals surface area contributed by atoms with Crippen LogP contribution in [0.3, 0.4) is 0 Å². The highest BCUT2D eigenvalue weighted by Crippen LogP contribution is 2.39. The molecule has 0 radical (unpaired) electrons. The van der Waals surface area contributed by atoms with Gasteiger partial charge in [0.1, 0.15) is 6.10 Å². The summed E-state index contributed by atoms with van der Waals surface area (Å²) in [7, 11) is -4.63. The molecule has 2 unspecified atom stereocenters. The van der Waals surface area contributed by atoms with Crippen LogP contribution in [-0.4, -0.2) is 44.6 Å². The highest BCUT2D eigenvalue weighted by atomic mass is 31.1. The van der Waals surface area contributed by atoms with Crippen molar-refractivity contribution in [3.8, 4) is 0 Å². The summed E-state index contributed by atoms with van der Waals surface area (Å²) in [5, 5.41) is 11.4. The van der Waals surface area contributed by atoms with Gasteiger partial charge in [0.05, 0.1) is 6.42 Å². The minimum absolute atomic E-state index is 0.117. The van der Waals surface area contributed by atoms with Crippen LogP contribution in [0.5, 0.6) is 0 Å². The number of carboxylic acid groups (broad SMARTS) is 1. The third-order valence-corrected chi connectivity index (χ3v) is 11.4. The van der Waals surface area contributed by atoms with Crippen molar-refractivity contribution in [1.29, 1.82) is 0 Å². The summed E-state index contributed by atoms with van der Waals surface area (Å²) >= 11 is 0. The van der Waals surface area contributed by atoms with Crippen molar-refractivity contribution < 1.29 is 23.6 Å². The van der Waals surface area contributed by atoms with Crippen molar-refractivity contribution in [3.05, 3.63) is 60.7 Å². The van der Waals surface area contributed by atoms with Crippen LogP contribution >= 0.6 is 7.80 Å². The zero-order valence-electron chi connectivity index (χ0n) is 18.2.